The smallest absolute Gasteiger partial charge is 0.407 e. The predicted octanol–water partition coefficient (Wildman–Crippen LogP) is 7.19. The van der Waals surface area contributed by atoms with Gasteiger partial charge in [0, 0.05) is 56.4 Å². The second kappa shape index (κ2) is 26.5. The Labute approximate surface area is 423 Å². The molecule has 6 atom stereocenters. The highest BCUT2D eigenvalue weighted by Crippen LogP contribution is 2.31. The minimum absolute atomic E-state index is 0.178. The summed E-state index contributed by atoms with van der Waals surface area (Å²) in [6, 6.07) is 4.81. The number of hydrogen-bond acceptors (Lipinski definition) is 12. The summed E-state index contributed by atoms with van der Waals surface area (Å²) in [5.41, 5.74) is 3.60. The van der Waals surface area contributed by atoms with Gasteiger partial charge < -0.3 is 46.1 Å². The Balaban J connectivity index is 0.970. The van der Waals surface area contributed by atoms with Crippen LogP contribution in [0, 0.1) is 82.5 Å². The van der Waals surface area contributed by atoms with Gasteiger partial charge in [-0.1, -0.05) is 26.2 Å². The van der Waals surface area contributed by atoms with Crippen LogP contribution in [-0.2, 0) is 14.2 Å². The van der Waals surface area contributed by atoms with Crippen LogP contribution in [0.3, 0.4) is 0 Å². The molecule has 6 amide bonds. The molecule has 3 aliphatic carbocycles. The molecule has 0 spiro atoms. The molecular weight excluding hydrogens is 925 g/mol. The largest absolute Gasteiger partial charge is 0.449 e. The molecule has 0 aliphatic heterocycles. The molecule has 3 aromatic heterocycles. The zero-order valence-corrected chi connectivity index (χ0v) is 43.6. The fourth-order valence-corrected chi connectivity index (χ4v) is 10.7. The van der Waals surface area contributed by atoms with Crippen LogP contribution in [0.4, 0.5) is 28.8 Å². The van der Waals surface area contributed by atoms with E-state index in [0.29, 0.717) is 45.7 Å². The summed E-state index contributed by atoms with van der Waals surface area (Å²) < 4.78 is 21.5. The van der Waals surface area contributed by atoms with Crippen molar-refractivity contribution in [2.45, 2.75) is 132 Å². The molecule has 6 N–H and O–H groups in total. The Hall–Kier alpha value is -6.15. The molecule has 0 bridgehead atoms. The van der Waals surface area contributed by atoms with E-state index in [4.69, 9.17) is 14.2 Å². The Bertz CT molecular complexity index is 2060. The molecule has 3 aromatic rings. The van der Waals surface area contributed by atoms with E-state index in [1.54, 1.807) is 0 Å². The molecule has 3 heterocycles. The summed E-state index contributed by atoms with van der Waals surface area (Å²) in [4.78, 5) is 78.1. The minimum Gasteiger partial charge on any atom is -0.449 e. The van der Waals surface area contributed by atoms with E-state index in [0.717, 1.165) is 111 Å². The number of ether oxygens (including phenoxy) is 3. The SMILES string of the molecule is CCC(COC(=O)NCC1CCCC(CNC(=O)n2nc(C)cc2C)C1)(COC(=O)NCC1CCCC(CNC(=O)n2nc(C)cc2C)C1)COC(=O)NCC1CCCC(CNC(=O)n2nc(C)cc2C)C1. The van der Waals surface area contributed by atoms with E-state index in [9.17, 15) is 28.8 Å². The van der Waals surface area contributed by atoms with E-state index in [1.165, 1.54) is 14.0 Å². The number of carbonyl (C=O) groups is 6. The molecular formula is C51H80N12O9. The Morgan fingerprint density at radius 2 is 0.708 bits per heavy atom. The lowest BCUT2D eigenvalue weighted by molar-refractivity contribution is -0.0181. The first-order valence-corrected chi connectivity index (χ1v) is 26.1. The second-order valence-electron chi connectivity index (χ2n) is 21.0. The number of aryl methyl sites for hydroxylation is 6. The number of amides is 6. The van der Waals surface area contributed by atoms with Gasteiger partial charge in [-0.15, -0.1) is 0 Å². The third kappa shape index (κ3) is 16.7. The van der Waals surface area contributed by atoms with Crippen LogP contribution < -0.4 is 31.9 Å². The van der Waals surface area contributed by atoms with Crippen molar-refractivity contribution >= 4 is 36.4 Å². The molecule has 21 heteroatoms. The van der Waals surface area contributed by atoms with Crippen LogP contribution in [0.2, 0.25) is 0 Å². The van der Waals surface area contributed by atoms with E-state index < -0.39 is 23.7 Å². The highest BCUT2D eigenvalue weighted by molar-refractivity contribution is 5.77. The minimum atomic E-state index is -1.05. The molecule has 6 unspecified atom stereocenters. The van der Waals surface area contributed by atoms with Gasteiger partial charge in [0.2, 0.25) is 0 Å². The van der Waals surface area contributed by atoms with Gasteiger partial charge in [-0.3, -0.25) is 0 Å². The number of alkyl carbamates (subject to hydrolysis) is 3. The van der Waals surface area contributed by atoms with Crippen LogP contribution in [0.1, 0.15) is 125 Å². The summed E-state index contributed by atoms with van der Waals surface area (Å²) in [5, 5.41) is 30.6. The number of hydrogen-bond donors (Lipinski definition) is 6. The maximum atomic E-state index is 13.3. The van der Waals surface area contributed by atoms with Crippen LogP contribution in [0.25, 0.3) is 0 Å². The second-order valence-corrected chi connectivity index (χ2v) is 21.0. The fourth-order valence-electron chi connectivity index (χ4n) is 10.7. The summed E-state index contributed by atoms with van der Waals surface area (Å²) in [5.74, 6) is 1.35. The number of aromatic nitrogens is 6. The molecule has 21 nitrogen and oxygen atoms in total. The Morgan fingerprint density at radius 3 is 0.931 bits per heavy atom. The fraction of sp³-hybridized carbons (Fsp3) is 0.706. The zero-order chi connectivity index (χ0) is 51.8. The number of rotatable bonds is 19. The third-order valence-electron chi connectivity index (χ3n) is 14.8. The average Bonchev–Trinajstić information content (AvgIpc) is 4.03. The summed E-state index contributed by atoms with van der Waals surface area (Å²) in [6.07, 6.45) is 9.58. The maximum absolute atomic E-state index is 13.3. The molecule has 72 heavy (non-hydrogen) atoms. The normalized spacial score (nSPS) is 21.9. The molecule has 3 saturated carbocycles. The molecule has 0 aromatic carbocycles. The predicted molar refractivity (Wildman–Crippen MR) is 269 cm³/mol. The molecule has 398 valence electrons. The van der Waals surface area contributed by atoms with Gasteiger partial charge in [0.25, 0.3) is 0 Å². The lowest BCUT2D eigenvalue weighted by Gasteiger charge is -2.32. The highest BCUT2D eigenvalue weighted by Gasteiger charge is 2.35. The standard InChI is InChI=1S/C51H80N12O9/c1-8-51(30-70-48(67)55-27-42-15-9-12-39(21-42)24-52-45(64)61-36(5)18-33(2)58-61,31-71-49(68)56-28-43-16-10-13-40(22-43)25-53-46(65)62-37(6)19-34(3)59-62)32-72-50(69)57-29-44-17-11-14-41(23-44)26-54-47(66)63-38(7)20-35(4)60-63/h18-20,39-44H,8-17,21-32H2,1-7H3,(H,52,64)(H,53,65)(H,54,66)(H,55,67)(H,56,68)(H,57,69). The van der Waals surface area contributed by atoms with Crippen LogP contribution in [0.15, 0.2) is 18.2 Å². The van der Waals surface area contributed by atoms with Gasteiger partial charge in [-0.2, -0.15) is 29.3 Å². The van der Waals surface area contributed by atoms with Crippen molar-refractivity contribution in [2.75, 3.05) is 59.1 Å². The van der Waals surface area contributed by atoms with Crippen molar-refractivity contribution in [3.63, 3.8) is 0 Å². The van der Waals surface area contributed by atoms with Gasteiger partial charge in [-0.05, 0) is 159 Å². The van der Waals surface area contributed by atoms with E-state index in [2.05, 4.69) is 47.2 Å². The Morgan fingerprint density at radius 1 is 0.458 bits per heavy atom. The van der Waals surface area contributed by atoms with E-state index in [1.807, 2.05) is 66.7 Å². The van der Waals surface area contributed by atoms with E-state index >= 15 is 0 Å². The zero-order valence-electron chi connectivity index (χ0n) is 43.6. The highest BCUT2D eigenvalue weighted by atomic mass is 16.6. The van der Waals surface area contributed by atoms with Gasteiger partial charge in [0.05, 0.1) is 22.5 Å². The molecule has 3 aliphatic rings. The topological polar surface area (TPSA) is 256 Å². The average molecular weight is 1010 g/mol. The summed E-state index contributed by atoms with van der Waals surface area (Å²) in [7, 11) is 0. The number of carbonyl (C=O) groups excluding carboxylic acids is 6. The maximum Gasteiger partial charge on any atom is 0.407 e. The summed E-state index contributed by atoms with van der Waals surface area (Å²) >= 11 is 0. The third-order valence-corrected chi connectivity index (χ3v) is 14.8. The van der Waals surface area contributed by atoms with Crippen molar-refractivity contribution < 1.29 is 43.0 Å². The van der Waals surface area contributed by atoms with E-state index in [-0.39, 0.29) is 73.4 Å². The van der Waals surface area contributed by atoms with Crippen molar-refractivity contribution in [3.05, 3.63) is 52.4 Å². The van der Waals surface area contributed by atoms with Gasteiger partial charge in [-0.25, -0.2) is 28.8 Å². The first-order valence-electron chi connectivity index (χ1n) is 26.1. The monoisotopic (exact) mass is 1000 g/mol. The molecule has 0 saturated heterocycles. The van der Waals surface area contributed by atoms with Crippen molar-refractivity contribution in [1.82, 2.24) is 61.2 Å². The first-order chi connectivity index (χ1) is 34.5. The van der Waals surface area contributed by atoms with Gasteiger partial charge in [0.1, 0.15) is 19.8 Å². The number of nitrogens with zero attached hydrogens (tertiary/aromatic N) is 6. The van der Waals surface area contributed by atoms with Gasteiger partial charge >= 0.3 is 36.4 Å². The lowest BCUT2D eigenvalue weighted by Crippen LogP contribution is -2.44. The van der Waals surface area contributed by atoms with Crippen molar-refractivity contribution in [1.29, 1.82) is 0 Å². The Kier molecular flexibility index (Phi) is 20.3. The molecule has 3 fully saturated rings. The number of nitrogens with one attached hydrogen (secondary N) is 6. The van der Waals surface area contributed by atoms with Gasteiger partial charge in [0.15, 0.2) is 0 Å². The first kappa shape index (κ1) is 55.2. The van der Waals surface area contributed by atoms with Crippen molar-refractivity contribution in [2.24, 2.45) is 40.9 Å². The lowest BCUT2D eigenvalue weighted by atomic mass is 9.81. The van der Waals surface area contributed by atoms with Crippen LogP contribution in [0.5, 0.6) is 0 Å². The van der Waals surface area contributed by atoms with Crippen LogP contribution in [-0.4, -0.2) is 125 Å². The molecule has 0 radical (unpaired) electrons. The van der Waals surface area contributed by atoms with Crippen molar-refractivity contribution in [3.8, 4) is 0 Å². The molecule has 6 rings (SSSR count). The quantitative estimate of drug-likeness (QED) is 0.0653. The summed E-state index contributed by atoms with van der Waals surface area (Å²) in [6.45, 7) is 15.1. The van der Waals surface area contributed by atoms with Crippen LogP contribution >= 0.6 is 0 Å².